The Morgan fingerprint density at radius 2 is 2.22 bits per heavy atom. The quantitative estimate of drug-likeness (QED) is 0.770. The molecule has 0 spiro atoms. The monoisotopic (exact) mass is 345 g/mol. The molecule has 4 rings (SSSR count). The zero-order chi connectivity index (χ0) is 15.8. The summed E-state index contributed by atoms with van der Waals surface area (Å²) in [7, 11) is 0. The van der Waals surface area contributed by atoms with Gasteiger partial charge in [-0.1, -0.05) is 29.8 Å². The van der Waals surface area contributed by atoms with E-state index in [4.69, 9.17) is 11.6 Å². The summed E-state index contributed by atoms with van der Waals surface area (Å²) in [5.74, 6) is -0.0757. The minimum Gasteiger partial charge on any atom is -0.346 e. The predicted molar refractivity (Wildman–Crippen MR) is 93.2 cm³/mol. The second-order valence-electron chi connectivity index (χ2n) is 5.83. The maximum atomic E-state index is 12.7. The number of hydrogen-bond acceptors (Lipinski definition) is 3. The normalized spacial score (nSPS) is 20.9. The van der Waals surface area contributed by atoms with E-state index >= 15 is 0 Å². The summed E-state index contributed by atoms with van der Waals surface area (Å²) >= 11 is 7.86. The SMILES string of the molecule is O=C(N[C@@H]1CCC[C@H]1n1ccnc1)c1sc2ccccc2c1Cl. The molecule has 0 saturated heterocycles. The number of benzene rings is 1. The summed E-state index contributed by atoms with van der Waals surface area (Å²) in [6.45, 7) is 0. The Balaban J connectivity index is 1.58. The van der Waals surface area contributed by atoms with Crippen molar-refractivity contribution in [3.63, 3.8) is 0 Å². The molecule has 1 fully saturated rings. The summed E-state index contributed by atoms with van der Waals surface area (Å²) in [5.41, 5.74) is 0. The number of imidazole rings is 1. The van der Waals surface area contributed by atoms with Crippen LogP contribution in [0.5, 0.6) is 0 Å². The molecule has 2 atom stereocenters. The van der Waals surface area contributed by atoms with Crippen molar-refractivity contribution in [2.45, 2.75) is 31.3 Å². The van der Waals surface area contributed by atoms with E-state index in [0.29, 0.717) is 9.90 Å². The second kappa shape index (κ2) is 5.98. The van der Waals surface area contributed by atoms with Gasteiger partial charge in [0.15, 0.2) is 0 Å². The van der Waals surface area contributed by atoms with Crippen LogP contribution >= 0.6 is 22.9 Å². The van der Waals surface area contributed by atoms with Gasteiger partial charge in [0.1, 0.15) is 4.88 Å². The van der Waals surface area contributed by atoms with Gasteiger partial charge in [0.25, 0.3) is 5.91 Å². The molecule has 118 valence electrons. The molecule has 0 radical (unpaired) electrons. The van der Waals surface area contributed by atoms with Gasteiger partial charge in [0.05, 0.1) is 17.4 Å². The Labute approximate surface area is 143 Å². The summed E-state index contributed by atoms with van der Waals surface area (Å²) in [5, 5.41) is 4.68. The van der Waals surface area contributed by atoms with Gasteiger partial charge in [-0.05, 0) is 25.3 Å². The van der Waals surface area contributed by atoms with Crippen molar-refractivity contribution >= 4 is 38.9 Å². The summed E-state index contributed by atoms with van der Waals surface area (Å²) in [4.78, 5) is 17.4. The molecule has 23 heavy (non-hydrogen) atoms. The van der Waals surface area contributed by atoms with Crippen molar-refractivity contribution in [3.05, 3.63) is 52.9 Å². The summed E-state index contributed by atoms with van der Waals surface area (Å²) in [6, 6.07) is 8.24. The first-order chi connectivity index (χ1) is 11.2. The van der Waals surface area contributed by atoms with Crippen LogP contribution in [0, 0.1) is 0 Å². The first kappa shape index (κ1) is 14.7. The van der Waals surface area contributed by atoms with Crippen LogP contribution in [0.1, 0.15) is 35.0 Å². The van der Waals surface area contributed by atoms with Crippen LogP contribution < -0.4 is 5.32 Å². The molecule has 4 nitrogen and oxygen atoms in total. The Bertz CT molecular complexity index is 843. The second-order valence-corrected chi connectivity index (χ2v) is 7.26. The average Bonchev–Trinajstić information content (AvgIpc) is 3.27. The molecule has 1 saturated carbocycles. The van der Waals surface area contributed by atoms with Crippen molar-refractivity contribution in [3.8, 4) is 0 Å². The Hall–Kier alpha value is -1.85. The zero-order valence-corrected chi connectivity index (χ0v) is 14.0. The number of thiophene rings is 1. The van der Waals surface area contributed by atoms with Crippen molar-refractivity contribution < 1.29 is 4.79 Å². The fourth-order valence-electron chi connectivity index (χ4n) is 3.33. The first-order valence-electron chi connectivity index (χ1n) is 7.69. The molecule has 3 aromatic rings. The average molecular weight is 346 g/mol. The van der Waals surface area contributed by atoms with Gasteiger partial charge in [-0.3, -0.25) is 4.79 Å². The van der Waals surface area contributed by atoms with Crippen LogP contribution in [0.4, 0.5) is 0 Å². The number of hydrogen-bond donors (Lipinski definition) is 1. The van der Waals surface area contributed by atoms with E-state index in [0.717, 1.165) is 29.3 Å². The lowest BCUT2D eigenvalue weighted by Crippen LogP contribution is -2.37. The van der Waals surface area contributed by atoms with E-state index in [1.807, 2.05) is 36.8 Å². The number of halogens is 1. The summed E-state index contributed by atoms with van der Waals surface area (Å²) < 4.78 is 3.13. The lowest BCUT2D eigenvalue weighted by atomic mass is 10.1. The lowest BCUT2D eigenvalue weighted by molar-refractivity contribution is 0.0933. The number of amides is 1. The smallest absolute Gasteiger partial charge is 0.263 e. The molecule has 0 bridgehead atoms. The van der Waals surface area contributed by atoms with Gasteiger partial charge in [-0.2, -0.15) is 0 Å². The Kier molecular flexibility index (Phi) is 3.83. The van der Waals surface area contributed by atoms with E-state index in [2.05, 4.69) is 14.9 Å². The molecule has 2 heterocycles. The van der Waals surface area contributed by atoms with Crippen molar-refractivity contribution in [1.82, 2.24) is 14.9 Å². The highest BCUT2D eigenvalue weighted by molar-refractivity contribution is 7.21. The van der Waals surface area contributed by atoms with E-state index in [1.165, 1.54) is 11.3 Å². The van der Waals surface area contributed by atoms with E-state index in [-0.39, 0.29) is 18.0 Å². The highest BCUT2D eigenvalue weighted by Crippen LogP contribution is 2.36. The molecule has 6 heteroatoms. The highest BCUT2D eigenvalue weighted by atomic mass is 35.5. The van der Waals surface area contributed by atoms with Crippen LogP contribution in [0.3, 0.4) is 0 Å². The predicted octanol–water partition coefficient (Wildman–Crippen LogP) is 4.27. The van der Waals surface area contributed by atoms with Gasteiger partial charge in [0.2, 0.25) is 0 Å². The van der Waals surface area contributed by atoms with Crippen LogP contribution in [0.2, 0.25) is 5.02 Å². The number of nitrogens with one attached hydrogen (secondary N) is 1. The van der Waals surface area contributed by atoms with Gasteiger partial charge in [-0.15, -0.1) is 11.3 Å². The third-order valence-electron chi connectivity index (χ3n) is 4.44. The fourth-order valence-corrected chi connectivity index (χ4v) is 4.75. The molecular formula is C17H16ClN3OS. The molecule has 1 aromatic carbocycles. The number of aromatic nitrogens is 2. The first-order valence-corrected chi connectivity index (χ1v) is 8.89. The van der Waals surface area contributed by atoms with Crippen LogP contribution in [-0.2, 0) is 0 Å². The van der Waals surface area contributed by atoms with Gasteiger partial charge < -0.3 is 9.88 Å². The van der Waals surface area contributed by atoms with E-state index in [1.54, 1.807) is 6.20 Å². The number of carbonyl (C=O) groups is 1. The lowest BCUT2D eigenvalue weighted by Gasteiger charge is -2.21. The molecule has 1 N–H and O–H groups in total. The number of fused-ring (bicyclic) bond motifs is 1. The minimum absolute atomic E-state index is 0.0757. The summed E-state index contributed by atoms with van der Waals surface area (Å²) in [6.07, 6.45) is 8.70. The highest BCUT2D eigenvalue weighted by Gasteiger charge is 2.30. The molecule has 1 aliphatic carbocycles. The molecule has 1 aliphatic rings. The van der Waals surface area contributed by atoms with Crippen LogP contribution in [-0.4, -0.2) is 21.5 Å². The molecule has 0 unspecified atom stereocenters. The topological polar surface area (TPSA) is 46.9 Å². The van der Waals surface area contributed by atoms with Crippen molar-refractivity contribution in [2.24, 2.45) is 0 Å². The minimum atomic E-state index is -0.0757. The fraction of sp³-hybridized carbons (Fsp3) is 0.294. The van der Waals surface area contributed by atoms with Crippen LogP contribution in [0.25, 0.3) is 10.1 Å². The Morgan fingerprint density at radius 3 is 3.00 bits per heavy atom. The molecule has 0 aliphatic heterocycles. The van der Waals surface area contributed by atoms with Crippen LogP contribution in [0.15, 0.2) is 43.0 Å². The third-order valence-corrected chi connectivity index (χ3v) is 6.12. The Morgan fingerprint density at radius 1 is 1.35 bits per heavy atom. The molecule has 2 aromatic heterocycles. The van der Waals surface area contributed by atoms with E-state index < -0.39 is 0 Å². The maximum Gasteiger partial charge on any atom is 0.263 e. The van der Waals surface area contributed by atoms with Crippen molar-refractivity contribution in [1.29, 1.82) is 0 Å². The largest absolute Gasteiger partial charge is 0.346 e. The number of rotatable bonds is 3. The van der Waals surface area contributed by atoms with E-state index in [9.17, 15) is 4.79 Å². The zero-order valence-electron chi connectivity index (χ0n) is 12.4. The van der Waals surface area contributed by atoms with Gasteiger partial charge in [-0.25, -0.2) is 4.98 Å². The molecular weight excluding hydrogens is 330 g/mol. The standard InChI is InChI=1S/C17H16ClN3OS/c18-15-11-4-1-2-7-14(11)23-16(15)17(22)20-12-5-3-6-13(12)21-9-8-19-10-21/h1-2,4,7-10,12-13H,3,5-6H2,(H,20,22)/t12-,13-/m1/s1. The molecule has 1 amide bonds. The van der Waals surface area contributed by atoms with Gasteiger partial charge in [0, 0.05) is 28.5 Å². The maximum absolute atomic E-state index is 12.7. The third kappa shape index (κ3) is 2.64. The van der Waals surface area contributed by atoms with Crippen molar-refractivity contribution in [2.75, 3.05) is 0 Å². The number of nitrogens with zero attached hydrogens (tertiary/aromatic N) is 2. The number of carbonyl (C=O) groups excluding carboxylic acids is 1. The van der Waals surface area contributed by atoms with Gasteiger partial charge >= 0.3 is 0 Å².